The van der Waals surface area contributed by atoms with Gasteiger partial charge >= 0.3 is 0 Å². The Kier molecular flexibility index (Phi) is 7.73. The number of carbonyl (C=O) groups is 1. The SMILES string of the molecule is CCCC(OC1=C(Cl)C=C(Cl)C=CC1)C(=O)NC(C)c1ccc(F)cc1. The van der Waals surface area contributed by atoms with Crippen molar-refractivity contribution in [3.8, 4) is 0 Å². The number of nitrogens with one attached hydrogen (secondary N) is 1. The van der Waals surface area contributed by atoms with Crippen molar-refractivity contribution in [3.05, 3.63) is 69.7 Å². The molecule has 2 atom stereocenters. The summed E-state index contributed by atoms with van der Waals surface area (Å²) in [5.41, 5.74) is 0.819. The molecule has 1 N–H and O–H groups in total. The Morgan fingerprint density at radius 2 is 2.00 bits per heavy atom. The molecule has 1 aromatic rings. The Bertz CT molecular complexity index is 726. The molecule has 2 unspecified atom stereocenters. The minimum absolute atomic E-state index is 0.232. The predicted octanol–water partition coefficient (Wildman–Crippen LogP) is 5.72. The lowest BCUT2D eigenvalue weighted by Crippen LogP contribution is -2.37. The quantitative estimate of drug-likeness (QED) is 0.638. The number of carbonyl (C=O) groups excluding carboxylic acids is 1. The van der Waals surface area contributed by atoms with Crippen molar-refractivity contribution in [2.24, 2.45) is 0 Å². The molecule has 0 radical (unpaired) electrons. The summed E-state index contributed by atoms with van der Waals surface area (Å²) in [5.74, 6) is -0.0280. The zero-order valence-corrected chi connectivity index (χ0v) is 16.3. The molecule has 0 saturated carbocycles. The van der Waals surface area contributed by atoms with Crippen molar-refractivity contribution in [3.63, 3.8) is 0 Å². The van der Waals surface area contributed by atoms with E-state index in [4.69, 9.17) is 27.9 Å². The Morgan fingerprint density at radius 1 is 1.31 bits per heavy atom. The summed E-state index contributed by atoms with van der Waals surface area (Å²) >= 11 is 12.2. The van der Waals surface area contributed by atoms with Crippen LogP contribution >= 0.6 is 23.2 Å². The highest BCUT2D eigenvalue weighted by molar-refractivity contribution is 6.35. The molecule has 1 amide bonds. The van der Waals surface area contributed by atoms with Gasteiger partial charge in [-0.1, -0.05) is 54.8 Å². The lowest BCUT2D eigenvalue weighted by Gasteiger charge is -2.23. The van der Waals surface area contributed by atoms with E-state index in [2.05, 4.69) is 5.32 Å². The first-order valence-corrected chi connectivity index (χ1v) is 9.31. The van der Waals surface area contributed by atoms with Gasteiger partial charge in [0.15, 0.2) is 6.10 Å². The van der Waals surface area contributed by atoms with Gasteiger partial charge in [-0.05, 0) is 43.2 Å². The van der Waals surface area contributed by atoms with Crippen molar-refractivity contribution in [1.82, 2.24) is 5.32 Å². The Morgan fingerprint density at radius 3 is 2.65 bits per heavy atom. The monoisotopic (exact) mass is 397 g/mol. The van der Waals surface area contributed by atoms with Crippen LogP contribution in [-0.4, -0.2) is 12.0 Å². The van der Waals surface area contributed by atoms with Crippen molar-refractivity contribution >= 4 is 29.1 Å². The summed E-state index contributed by atoms with van der Waals surface area (Å²) in [6.45, 7) is 3.82. The van der Waals surface area contributed by atoms with Crippen LogP contribution in [0.5, 0.6) is 0 Å². The fraction of sp³-hybridized carbons (Fsp3) is 0.350. The van der Waals surface area contributed by atoms with Crippen LogP contribution < -0.4 is 5.32 Å². The number of amides is 1. The summed E-state index contributed by atoms with van der Waals surface area (Å²) in [4.78, 5) is 12.7. The van der Waals surface area contributed by atoms with Gasteiger partial charge in [0.2, 0.25) is 0 Å². The van der Waals surface area contributed by atoms with Crippen LogP contribution in [0.15, 0.2) is 58.3 Å². The molecule has 1 aliphatic rings. The van der Waals surface area contributed by atoms with E-state index in [1.165, 1.54) is 12.1 Å². The summed E-state index contributed by atoms with van der Waals surface area (Å²) in [5, 5.41) is 3.82. The average Bonchev–Trinajstić information content (AvgIpc) is 2.75. The van der Waals surface area contributed by atoms with E-state index in [-0.39, 0.29) is 17.8 Å². The van der Waals surface area contributed by atoms with E-state index in [1.54, 1.807) is 24.3 Å². The third-order valence-electron chi connectivity index (χ3n) is 3.97. The van der Waals surface area contributed by atoms with Gasteiger partial charge in [0.1, 0.15) is 11.6 Å². The van der Waals surface area contributed by atoms with Crippen molar-refractivity contribution in [1.29, 1.82) is 0 Å². The number of rotatable bonds is 7. The molecule has 0 saturated heterocycles. The Balaban J connectivity index is 2.08. The highest BCUT2D eigenvalue weighted by atomic mass is 35.5. The van der Waals surface area contributed by atoms with Crippen LogP contribution in [0.3, 0.4) is 0 Å². The summed E-state index contributed by atoms with van der Waals surface area (Å²) in [6.07, 6.45) is 6.32. The fourth-order valence-corrected chi connectivity index (χ4v) is 3.04. The topological polar surface area (TPSA) is 38.3 Å². The van der Waals surface area contributed by atoms with E-state index in [0.717, 1.165) is 12.0 Å². The summed E-state index contributed by atoms with van der Waals surface area (Å²) in [7, 11) is 0. The maximum Gasteiger partial charge on any atom is 0.261 e. The van der Waals surface area contributed by atoms with E-state index in [0.29, 0.717) is 28.7 Å². The normalized spacial score (nSPS) is 16.6. The maximum absolute atomic E-state index is 13.1. The van der Waals surface area contributed by atoms with E-state index < -0.39 is 6.10 Å². The number of allylic oxidation sites excluding steroid dienone is 5. The summed E-state index contributed by atoms with van der Waals surface area (Å²) < 4.78 is 19.0. The average molecular weight is 398 g/mol. The smallest absolute Gasteiger partial charge is 0.261 e. The maximum atomic E-state index is 13.1. The largest absolute Gasteiger partial charge is 0.483 e. The van der Waals surface area contributed by atoms with Crippen molar-refractivity contribution < 1.29 is 13.9 Å². The van der Waals surface area contributed by atoms with Gasteiger partial charge in [0, 0.05) is 11.5 Å². The molecule has 140 valence electrons. The number of ether oxygens (including phenoxy) is 1. The zero-order valence-electron chi connectivity index (χ0n) is 14.8. The molecule has 1 aliphatic carbocycles. The van der Waals surface area contributed by atoms with Crippen LogP contribution in [0.1, 0.15) is 44.7 Å². The van der Waals surface area contributed by atoms with Crippen LogP contribution in [0.2, 0.25) is 0 Å². The molecule has 0 fully saturated rings. The molecular weight excluding hydrogens is 376 g/mol. The van der Waals surface area contributed by atoms with Crippen molar-refractivity contribution in [2.75, 3.05) is 0 Å². The lowest BCUT2D eigenvalue weighted by molar-refractivity contribution is -0.131. The Hall–Kier alpha value is -1.78. The molecule has 6 heteroatoms. The van der Waals surface area contributed by atoms with Gasteiger partial charge < -0.3 is 10.1 Å². The second kappa shape index (κ2) is 9.79. The van der Waals surface area contributed by atoms with E-state index in [1.807, 2.05) is 19.9 Å². The third-order valence-corrected chi connectivity index (χ3v) is 4.52. The molecule has 3 nitrogen and oxygen atoms in total. The standard InChI is InChI=1S/C20H22Cl2FNO2/c1-3-5-19(26-18-7-4-6-15(21)12-17(18)22)20(25)24-13(2)14-8-10-16(23)11-9-14/h4,6,8-13,19H,3,5,7H2,1-2H3,(H,24,25). The predicted molar refractivity (Wildman–Crippen MR) is 103 cm³/mol. The molecule has 26 heavy (non-hydrogen) atoms. The minimum atomic E-state index is -0.662. The zero-order chi connectivity index (χ0) is 19.1. The molecule has 1 aromatic carbocycles. The third kappa shape index (κ3) is 5.89. The molecule has 0 aromatic heterocycles. The minimum Gasteiger partial charge on any atom is -0.483 e. The number of hydrogen-bond donors (Lipinski definition) is 1. The molecule has 0 spiro atoms. The first-order chi connectivity index (χ1) is 12.4. The van der Waals surface area contributed by atoms with Crippen LogP contribution in [0.25, 0.3) is 0 Å². The number of benzene rings is 1. The van der Waals surface area contributed by atoms with Crippen LogP contribution in [0.4, 0.5) is 4.39 Å². The van der Waals surface area contributed by atoms with Gasteiger partial charge in [-0.2, -0.15) is 0 Å². The molecule has 0 bridgehead atoms. The van der Waals surface area contributed by atoms with E-state index in [9.17, 15) is 9.18 Å². The van der Waals surface area contributed by atoms with Gasteiger partial charge in [-0.15, -0.1) is 0 Å². The summed E-state index contributed by atoms with van der Waals surface area (Å²) in [6, 6.07) is 5.78. The number of halogens is 3. The van der Waals surface area contributed by atoms with Crippen LogP contribution in [-0.2, 0) is 9.53 Å². The van der Waals surface area contributed by atoms with Gasteiger partial charge in [0.25, 0.3) is 5.91 Å². The van der Waals surface area contributed by atoms with E-state index >= 15 is 0 Å². The molecular formula is C20H22Cl2FNO2. The second-order valence-corrected chi connectivity index (χ2v) is 6.93. The first-order valence-electron chi connectivity index (χ1n) is 8.55. The Labute approximate surface area is 163 Å². The van der Waals surface area contributed by atoms with Crippen molar-refractivity contribution in [2.45, 2.75) is 45.3 Å². The highest BCUT2D eigenvalue weighted by Crippen LogP contribution is 2.26. The first kappa shape index (κ1) is 20.5. The van der Waals surface area contributed by atoms with Gasteiger partial charge in [0.05, 0.1) is 11.1 Å². The second-order valence-electron chi connectivity index (χ2n) is 6.08. The highest BCUT2D eigenvalue weighted by Gasteiger charge is 2.23. The lowest BCUT2D eigenvalue weighted by atomic mass is 10.1. The van der Waals surface area contributed by atoms with Crippen LogP contribution in [0, 0.1) is 5.82 Å². The molecule has 2 rings (SSSR count). The van der Waals surface area contributed by atoms with Gasteiger partial charge in [-0.3, -0.25) is 4.79 Å². The molecule has 0 heterocycles. The number of hydrogen-bond acceptors (Lipinski definition) is 2. The van der Waals surface area contributed by atoms with Gasteiger partial charge in [-0.25, -0.2) is 4.39 Å². The fourth-order valence-electron chi connectivity index (χ4n) is 2.55. The molecule has 0 aliphatic heterocycles.